The Morgan fingerprint density at radius 2 is 1.08 bits per heavy atom. The van der Waals surface area contributed by atoms with Gasteiger partial charge in [0.25, 0.3) is 0 Å². The molecule has 0 aliphatic rings. The Kier molecular flexibility index (Phi) is 5.83. The fourth-order valence-electron chi connectivity index (χ4n) is 7.92. The molecule has 0 amide bonds. The molecule has 50 heavy (non-hydrogen) atoms. The number of para-hydroxylation sites is 3. The summed E-state index contributed by atoms with van der Waals surface area (Å²) >= 11 is 1.84. The maximum Gasteiger partial charge on any atom is 0.159 e. The van der Waals surface area contributed by atoms with E-state index in [1.54, 1.807) is 0 Å². The van der Waals surface area contributed by atoms with Gasteiger partial charge >= 0.3 is 0 Å². The lowest BCUT2D eigenvalue weighted by molar-refractivity contribution is 0.673. The monoisotopic (exact) mass is 656 g/mol. The number of aromatic nitrogens is 1. The smallest absolute Gasteiger partial charge is 0.159 e. The Bertz CT molecular complexity index is 3110. The normalized spacial score (nSPS) is 12.0. The van der Waals surface area contributed by atoms with Gasteiger partial charge in [0.1, 0.15) is 5.58 Å². The minimum Gasteiger partial charge on any atom is -0.453 e. The summed E-state index contributed by atoms with van der Waals surface area (Å²) in [4.78, 5) is 2.38. The van der Waals surface area contributed by atoms with Crippen LogP contribution in [0.5, 0.6) is 0 Å². The quantitative estimate of drug-likeness (QED) is 0.188. The second kappa shape index (κ2) is 10.6. The van der Waals surface area contributed by atoms with E-state index in [1.807, 2.05) is 11.3 Å². The second-order valence-electron chi connectivity index (χ2n) is 12.9. The Balaban J connectivity index is 1.23. The zero-order valence-electron chi connectivity index (χ0n) is 26.9. The number of furan rings is 1. The van der Waals surface area contributed by atoms with Crippen LogP contribution in [-0.2, 0) is 0 Å². The first-order chi connectivity index (χ1) is 24.8. The zero-order valence-corrected chi connectivity index (χ0v) is 27.7. The molecule has 3 heterocycles. The van der Waals surface area contributed by atoms with Gasteiger partial charge in [-0.15, -0.1) is 11.3 Å². The van der Waals surface area contributed by atoms with Crippen molar-refractivity contribution in [3.05, 3.63) is 170 Å². The minimum atomic E-state index is 0.873. The van der Waals surface area contributed by atoms with Crippen molar-refractivity contribution in [2.75, 3.05) is 4.90 Å². The van der Waals surface area contributed by atoms with Crippen LogP contribution < -0.4 is 4.90 Å². The highest BCUT2D eigenvalue weighted by molar-refractivity contribution is 7.25. The molecule has 3 aromatic heterocycles. The van der Waals surface area contributed by atoms with Gasteiger partial charge in [0.15, 0.2) is 5.58 Å². The van der Waals surface area contributed by atoms with E-state index in [0.717, 1.165) is 55.6 Å². The molecule has 234 valence electrons. The molecule has 0 aliphatic carbocycles. The van der Waals surface area contributed by atoms with Gasteiger partial charge in [-0.1, -0.05) is 103 Å². The van der Waals surface area contributed by atoms with Gasteiger partial charge in [-0.2, -0.15) is 0 Å². The number of hydrogen-bond acceptors (Lipinski definition) is 3. The number of benzene rings is 8. The SMILES string of the molecule is c1ccc(-n2c3ccccc3c3ccc(N(c4ccc5sc6ccccc6c5c4)c4cccc5c4oc4c6ccccc6ccc54)cc32)cc1. The van der Waals surface area contributed by atoms with Gasteiger partial charge in [-0.3, -0.25) is 0 Å². The first kappa shape index (κ1) is 27.6. The molecule has 0 unspecified atom stereocenters. The van der Waals surface area contributed by atoms with E-state index in [9.17, 15) is 0 Å². The van der Waals surface area contributed by atoms with E-state index in [4.69, 9.17) is 4.42 Å². The van der Waals surface area contributed by atoms with Gasteiger partial charge in [0.05, 0.1) is 16.7 Å². The zero-order chi connectivity index (χ0) is 32.8. The minimum absolute atomic E-state index is 0.873. The molecule has 11 rings (SSSR count). The average molecular weight is 657 g/mol. The third-order valence-corrected chi connectivity index (χ3v) is 11.3. The van der Waals surface area contributed by atoms with Crippen LogP contribution in [0.25, 0.3) is 80.4 Å². The standard InChI is InChI=1S/C46H28N2OS/c1-2-12-30(13-3-1)48-40-18-8-6-15-34(40)35-25-22-32(28-42(35)48)47(31-23-26-44-39(27-31)36-16-7-9-20-43(36)50-44)41-19-10-17-37-38-24-21-29-11-4-5-14-33(29)45(38)49-46(37)41/h1-28H. The van der Waals surface area contributed by atoms with Crippen LogP contribution in [-0.4, -0.2) is 4.57 Å². The Hall–Kier alpha value is -6.36. The summed E-state index contributed by atoms with van der Waals surface area (Å²) in [5.74, 6) is 0. The molecule has 0 saturated heterocycles. The molecular weight excluding hydrogens is 629 g/mol. The average Bonchev–Trinajstić information content (AvgIpc) is 3.85. The highest BCUT2D eigenvalue weighted by Gasteiger charge is 2.22. The van der Waals surface area contributed by atoms with Crippen LogP contribution in [0.3, 0.4) is 0 Å². The Morgan fingerprint density at radius 3 is 2.00 bits per heavy atom. The highest BCUT2D eigenvalue weighted by atomic mass is 32.1. The number of fused-ring (bicyclic) bond motifs is 11. The largest absolute Gasteiger partial charge is 0.453 e. The van der Waals surface area contributed by atoms with Gasteiger partial charge in [0, 0.05) is 64.2 Å². The van der Waals surface area contributed by atoms with Crippen molar-refractivity contribution < 1.29 is 4.42 Å². The maximum absolute atomic E-state index is 6.95. The number of rotatable bonds is 4. The van der Waals surface area contributed by atoms with E-state index in [0.29, 0.717) is 0 Å². The number of nitrogens with zero attached hydrogens (tertiary/aromatic N) is 2. The van der Waals surface area contributed by atoms with Crippen LogP contribution in [0.2, 0.25) is 0 Å². The van der Waals surface area contributed by atoms with Crippen LogP contribution >= 0.6 is 11.3 Å². The predicted octanol–water partition coefficient (Wildman–Crippen LogP) is 13.7. The fourth-order valence-corrected chi connectivity index (χ4v) is 9.01. The van der Waals surface area contributed by atoms with Crippen LogP contribution in [0, 0.1) is 0 Å². The highest BCUT2D eigenvalue weighted by Crippen LogP contribution is 2.46. The van der Waals surface area contributed by atoms with Crippen molar-refractivity contribution in [3.8, 4) is 5.69 Å². The molecule has 0 bridgehead atoms. The fraction of sp³-hybridized carbons (Fsp3) is 0. The molecule has 4 heteroatoms. The van der Waals surface area contributed by atoms with Crippen molar-refractivity contribution in [3.63, 3.8) is 0 Å². The van der Waals surface area contributed by atoms with Crippen LogP contribution in [0.15, 0.2) is 174 Å². The molecule has 0 N–H and O–H groups in total. The lowest BCUT2D eigenvalue weighted by Gasteiger charge is -2.26. The lowest BCUT2D eigenvalue weighted by atomic mass is 10.0. The number of anilines is 3. The van der Waals surface area contributed by atoms with Gasteiger partial charge < -0.3 is 13.9 Å². The summed E-state index contributed by atoms with van der Waals surface area (Å²) in [5, 5.41) is 9.53. The third kappa shape index (κ3) is 3.97. The predicted molar refractivity (Wildman–Crippen MR) is 213 cm³/mol. The molecular formula is C46H28N2OS. The Labute approximate surface area is 291 Å². The molecule has 0 radical (unpaired) electrons. The van der Waals surface area contributed by atoms with Crippen molar-refractivity contribution in [2.45, 2.75) is 0 Å². The first-order valence-corrected chi connectivity index (χ1v) is 17.7. The molecule has 0 spiro atoms. The summed E-state index contributed by atoms with van der Waals surface area (Å²) in [7, 11) is 0. The van der Waals surface area contributed by atoms with Crippen LogP contribution in [0.1, 0.15) is 0 Å². The first-order valence-electron chi connectivity index (χ1n) is 16.9. The number of thiophene rings is 1. The maximum atomic E-state index is 6.95. The Morgan fingerprint density at radius 1 is 0.420 bits per heavy atom. The van der Waals surface area contributed by atoms with Gasteiger partial charge in [-0.05, 0) is 72.1 Å². The van der Waals surface area contributed by atoms with Gasteiger partial charge in [0.2, 0.25) is 0 Å². The van der Waals surface area contributed by atoms with Crippen molar-refractivity contribution in [2.24, 2.45) is 0 Å². The van der Waals surface area contributed by atoms with Crippen molar-refractivity contribution >= 4 is 103 Å². The van der Waals surface area contributed by atoms with E-state index < -0.39 is 0 Å². The van der Waals surface area contributed by atoms with Crippen molar-refractivity contribution in [1.82, 2.24) is 4.57 Å². The van der Waals surface area contributed by atoms with E-state index in [1.165, 1.54) is 41.8 Å². The lowest BCUT2D eigenvalue weighted by Crippen LogP contribution is -2.10. The molecule has 0 fully saturated rings. The molecule has 11 aromatic rings. The topological polar surface area (TPSA) is 21.3 Å². The molecule has 0 atom stereocenters. The number of hydrogen-bond donors (Lipinski definition) is 0. The van der Waals surface area contributed by atoms with E-state index in [2.05, 4.69) is 179 Å². The van der Waals surface area contributed by atoms with Crippen LogP contribution in [0.4, 0.5) is 17.1 Å². The van der Waals surface area contributed by atoms with Crippen molar-refractivity contribution in [1.29, 1.82) is 0 Å². The summed E-state index contributed by atoms with van der Waals surface area (Å²) in [5.41, 5.74) is 8.43. The molecule has 8 aromatic carbocycles. The molecule has 0 saturated carbocycles. The van der Waals surface area contributed by atoms with E-state index >= 15 is 0 Å². The molecule has 0 aliphatic heterocycles. The summed E-state index contributed by atoms with van der Waals surface area (Å²) in [6, 6.07) is 61.2. The molecule has 3 nitrogen and oxygen atoms in total. The summed E-state index contributed by atoms with van der Waals surface area (Å²) < 4.78 is 11.9. The third-order valence-electron chi connectivity index (χ3n) is 10.2. The summed E-state index contributed by atoms with van der Waals surface area (Å²) in [6.45, 7) is 0. The summed E-state index contributed by atoms with van der Waals surface area (Å²) in [6.07, 6.45) is 0. The van der Waals surface area contributed by atoms with Gasteiger partial charge in [-0.25, -0.2) is 0 Å². The van der Waals surface area contributed by atoms with E-state index in [-0.39, 0.29) is 0 Å². The second-order valence-corrected chi connectivity index (χ2v) is 14.0.